The first-order valence-corrected chi connectivity index (χ1v) is 5.17. The van der Waals surface area contributed by atoms with E-state index in [2.05, 4.69) is 4.98 Å². The zero-order valence-electron chi connectivity index (χ0n) is 9.10. The molecule has 0 atom stereocenters. The molecule has 16 heavy (non-hydrogen) atoms. The smallest absolute Gasteiger partial charge is 0.407 e. The van der Waals surface area contributed by atoms with Gasteiger partial charge in [-0.1, -0.05) is 18.2 Å². The molecule has 0 unspecified atom stereocenters. The molecule has 2 N–H and O–H groups in total. The van der Waals surface area contributed by atoms with Gasteiger partial charge in [-0.3, -0.25) is 0 Å². The van der Waals surface area contributed by atoms with Gasteiger partial charge in [-0.15, -0.1) is 0 Å². The Bertz CT molecular complexity index is 504. The number of nitrogens with zero attached hydrogens (tertiary/aromatic N) is 1. The summed E-state index contributed by atoms with van der Waals surface area (Å²) in [5.74, 6) is 0. The van der Waals surface area contributed by atoms with Crippen LogP contribution in [0.3, 0.4) is 0 Å². The predicted octanol–water partition coefficient (Wildman–Crippen LogP) is 2.32. The Morgan fingerprint density at radius 1 is 1.44 bits per heavy atom. The van der Waals surface area contributed by atoms with Crippen molar-refractivity contribution in [1.82, 2.24) is 9.88 Å². The van der Waals surface area contributed by atoms with Gasteiger partial charge in [-0.05, 0) is 18.1 Å². The minimum absolute atomic E-state index is 0.511. The third kappa shape index (κ3) is 2.00. The van der Waals surface area contributed by atoms with Gasteiger partial charge in [0.15, 0.2) is 0 Å². The summed E-state index contributed by atoms with van der Waals surface area (Å²) in [5.41, 5.74) is 2.25. The Balaban J connectivity index is 2.13. The van der Waals surface area contributed by atoms with E-state index in [1.54, 1.807) is 7.05 Å². The van der Waals surface area contributed by atoms with E-state index in [-0.39, 0.29) is 0 Å². The number of fused-ring (bicyclic) bond motifs is 1. The molecule has 0 radical (unpaired) electrons. The molecule has 0 saturated heterocycles. The van der Waals surface area contributed by atoms with Gasteiger partial charge in [0.2, 0.25) is 0 Å². The van der Waals surface area contributed by atoms with Crippen molar-refractivity contribution >= 4 is 17.0 Å². The maximum Gasteiger partial charge on any atom is 0.407 e. The van der Waals surface area contributed by atoms with E-state index < -0.39 is 6.09 Å². The van der Waals surface area contributed by atoms with Crippen LogP contribution < -0.4 is 0 Å². The molecular formula is C12H14N2O2. The van der Waals surface area contributed by atoms with Gasteiger partial charge in [0, 0.05) is 30.7 Å². The molecule has 84 valence electrons. The number of rotatable bonds is 3. The lowest BCUT2D eigenvalue weighted by Gasteiger charge is -2.11. The summed E-state index contributed by atoms with van der Waals surface area (Å²) in [5, 5.41) is 9.91. The molecule has 1 amide bonds. The van der Waals surface area contributed by atoms with E-state index in [0.717, 1.165) is 17.5 Å². The van der Waals surface area contributed by atoms with Crippen LogP contribution in [0.15, 0.2) is 30.5 Å². The van der Waals surface area contributed by atoms with Crippen LogP contribution in [0.5, 0.6) is 0 Å². The number of amides is 1. The van der Waals surface area contributed by atoms with Crippen LogP contribution in [0.25, 0.3) is 10.9 Å². The number of carboxylic acid groups (broad SMARTS) is 1. The second-order valence-corrected chi connectivity index (χ2v) is 3.81. The van der Waals surface area contributed by atoms with Gasteiger partial charge in [-0.2, -0.15) is 0 Å². The molecule has 1 aromatic heterocycles. The van der Waals surface area contributed by atoms with Crippen molar-refractivity contribution in [1.29, 1.82) is 0 Å². The van der Waals surface area contributed by atoms with Gasteiger partial charge in [0.25, 0.3) is 0 Å². The predicted molar refractivity (Wildman–Crippen MR) is 62.7 cm³/mol. The molecule has 1 heterocycles. The van der Waals surface area contributed by atoms with Crippen molar-refractivity contribution in [2.75, 3.05) is 13.6 Å². The molecular weight excluding hydrogens is 204 g/mol. The highest BCUT2D eigenvalue weighted by molar-refractivity contribution is 5.83. The molecule has 0 aliphatic heterocycles. The highest BCUT2D eigenvalue weighted by atomic mass is 16.4. The monoisotopic (exact) mass is 218 g/mol. The maximum absolute atomic E-state index is 10.6. The fourth-order valence-electron chi connectivity index (χ4n) is 1.72. The van der Waals surface area contributed by atoms with Crippen LogP contribution in [0.2, 0.25) is 0 Å². The quantitative estimate of drug-likeness (QED) is 0.830. The number of aromatic nitrogens is 1. The number of nitrogens with one attached hydrogen (secondary N) is 1. The van der Waals surface area contributed by atoms with Gasteiger partial charge in [0.05, 0.1) is 0 Å². The zero-order chi connectivity index (χ0) is 11.5. The highest BCUT2D eigenvalue weighted by Gasteiger charge is 2.07. The van der Waals surface area contributed by atoms with E-state index in [1.165, 1.54) is 10.3 Å². The number of para-hydroxylation sites is 1. The second-order valence-electron chi connectivity index (χ2n) is 3.81. The lowest BCUT2D eigenvalue weighted by Crippen LogP contribution is -2.26. The number of carbonyl (C=O) groups is 1. The summed E-state index contributed by atoms with van der Waals surface area (Å²) in [4.78, 5) is 15.1. The fourth-order valence-corrected chi connectivity index (χ4v) is 1.72. The van der Waals surface area contributed by atoms with Crippen LogP contribution >= 0.6 is 0 Å². The summed E-state index contributed by atoms with van der Waals surface area (Å²) < 4.78 is 0. The second kappa shape index (κ2) is 4.26. The number of H-pyrrole nitrogens is 1. The first-order chi connectivity index (χ1) is 7.68. The summed E-state index contributed by atoms with van der Waals surface area (Å²) in [6.45, 7) is 0.511. The zero-order valence-corrected chi connectivity index (χ0v) is 9.10. The van der Waals surface area contributed by atoms with E-state index in [0.29, 0.717) is 6.54 Å². The molecule has 0 bridgehead atoms. The van der Waals surface area contributed by atoms with Gasteiger partial charge >= 0.3 is 6.09 Å². The van der Waals surface area contributed by atoms with Crippen LogP contribution in [0.1, 0.15) is 5.56 Å². The van der Waals surface area contributed by atoms with Crippen LogP contribution in [0.4, 0.5) is 4.79 Å². The normalized spacial score (nSPS) is 10.6. The standard InChI is InChI=1S/C12H14N2O2/c1-14(12(15)16)7-6-9-8-13-11-5-3-2-4-10(9)11/h2-5,8,13H,6-7H2,1H3,(H,15,16). The van der Waals surface area contributed by atoms with Gasteiger partial charge in [0.1, 0.15) is 0 Å². The van der Waals surface area contributed by atoms with Crippen LogP contribution in [-0.2, 0) is 6.42 Å². The fraction of sp³-hybridized carbons (Fsp3) is 0.250. The Hall–Kier alpha value is -1.97. The molecule has 0 aliphatic carbocycles. The lowest BCUT2D eigenvalue weighted by atomic mass is 10.1. The number of likely N-dealkylation sites (N-methyl/N-ethyl adjacent to an activating group) is 1. The molecule has 0 spiro atoms. The van der Waals surface area contributed by atoms with Gasteiger partial charge < -0.3 is 15.0 Å². The summed E-state index contributed by atoms with van der Waals surface area (Å²) >= 11 is 0. The first-order valence-electron chi connectivity index (χ1n) is 5.17. The summed E-state index contributed by atoms with van der Waals surface area (Å²) in [7, 11) is 1.58. The van der Waals surface area contributed by atoms with E-state index in [9.17, 15) is 4.79 Å². The van der Waals surface area contributed by atoms with Crippen LogP contribution in [-0.4, -0.2) is 34.7 Å². The number of hydrogen-bond acceptors (Lipinski definition) is 1. The average molecular weight is 218 g/mol. The van der Waals surface area contributed by atoms with Crippen molar-refractivity contribution in [2.45, 2.75) is 6.42 Å². The Morgan fingerprint density at radius 2 is 2.19 bits per heavy atom. The van der Waals surface area contributed by atoms with Crippen molar-refractivity contribution in [3.8, 4) is 0 Å². The summed E-state index contributed by atoms with van der Waals surface area (Å²) in [6, 6.07) is 8.02. The molecule has 0 saturated carbocycles. The molecule has 2 aromatic rings. The van der Waals surface area contributed by atoms with Crippen molar-refractivity contribution in [2.24, 2.45) is 0 Å². The molecule has 4 nitrogen and oxygen atoms in total. The Morgan fingerprint density at radius 3 is 2.94 bits per heavy atom. The highest BCUT2D eigenvalue weighted by Crippen LogP contribution is 2.18. The van der Waals surface area contributed by atoms with Gasteiger partial charge in [-0.25, -0.2) is 4.79 Å². The van der Waals surface area contributed by atoms with Crippen LogP contribution in [0, 0.1) is 0 Å². The third-order valence-electron chi connectivity index (χ3n) is 2.72. The first kappa shape index (κ1) is 10.5. The largest absolute Gasteiger partial charge is 0.465 e. The minimum atomic E-state index is -0.889. The number of hydrogen-bond donors (Lipinski definition) is 2. The minimum Gasteiger partial charge on any atom is -0.465 e. The third-order valence-corrected chi connectivity index (χ3v) is 2.72. The molecule has 1 aromatic carbocycles. The Labute approximate surface area is 93.5 Å². The topological polar surface area (TPSA) is 56.3 Å². The molecule has 2 rings (SSSR count). The van der Waals surface area contributed by atoms with E-state index in [1.807, 2.05) is 30.5 Å². The lowest BCUT2D eigenvalue weighted by molar-refractivity contribution is 0.156. The Kier molecular flexibility index (Phi) is 2.81. The molecule has 0 aliphatic rings. The van der Waals surface area contributed by atoms with Crippen molar-refractivity contribution in [3.05, 3.63) is 36.0 Å². The van der Waals surface area contributed by atoms with Crippen molar-refractivity contribution in [3.63, 3.8) is 0 Å². The SMILES string of the molecule is CN(CCc1c[nH]c2ccccc12)C(=O)O. The maximum atomic E-state index is 10.6. The summed E-state index contributed by atoms with van der Waals surface area (Å²) in [6.07, 6.45) is 1.78. The average Bonchev–Trinajstić information content (AvgIpc) is 2.69. The number of aromatic amines is 1. The molecule has 4 heteroatoms. The van der Waals surface area contributed by atoms with Crippen molar-refractivity contribution < 1.29 is 9.90 Å². The number of benzene rings is 1. The van der Waals surface area contributed by atoms with E-state index >= 15 is 0 Å². The van der Waals surface area contributed by atoms with E-state index in [4.69, 9.17) is 5.11 Å². The molecule has 0 fully saturated rings.